The molecule has 1 aromatic heterocycles. The quantitative estimate of drug-likeness (QED) is 0.734. The minimum absolute atomic E-state index is 0.154. The van der Waals surface area contributed by atoms with Gasteiger partial charge >= 0.3 is 6.03 Å². The Bertz CT molecular complexity index is 825. The molecule has 3 rings (SSSR count). The second-order valence-corrected chi connectivity index (χ2v) is 8.60. The van der Waals surface area contributed by atoms with Gasteiger partial charge in [-0.1, -0.05) is 48.2 Å². The zero-order chi connectivity index (χ0) is 20.1. The van der Waals surface area contributed by atoms with E-state index in [1.165, 1.54) is 6.42 Å². The molecule has 2 N–H and O–H groups in total. The topological polar surface area (TPSA) is 97.1 Å². The van der Waals surface area contributed by atoms with Gasteiger partial charge in [-0.05, 0) is 45.7 Å². The third kappa shape index (κ3) is 5.58. The third-order valence-corrected chi connectivity index (χ3v) is 5.63. The Morgan fingerprint density at radius 1 is 1.11 bits per heavy atom. The summed E-state index contributed by atoms with van der Waals surface area (Å²) in [4.78, 5) is 24.3. The van der Waals surface area contributed by atoms with E-state index >= 15 is 0 Å². The van der Waals surface area contributed by atoms with Crippen molar-refractivity contribution in [3.05, 3.63) is 29.3 Å². The number of hydrogen-bond donors (Lipinski definition) is 2. The highest BCUT2D eigenvalue weighted by molar-refractivity contribution is 8.00. The molecule has 1 atom stereocenters. The van der Waals surface area contributed by atoms with Gasteiger partial charge in [0.1, 0.15) is 0 Å². The molecule has 1 aromatic carbocycles. The Morgan fingerprint density at radius 2 is 1.79 bits per heavy atom. The molecule has 1 heterocycles. The van der Waals surface area contributed by atoms with E-state index in [-0.39, 0.29) is 11.9 Å². The number of nitrogens with one attached hydrogen (secondary N) is 2. The number of urea groups is 1. The van der Waals surface area contributed by atoms with Crippen LogP contribution in [0.25, 0.3) is 11.5 Å². The van der Waals surface area contributed by atoms with Gasteiger partial charge in [0.25, 0.3) is 5.22 Å². The molecule has 1 saturated carbocycles. The van der Waals surface area contributed by atoms with Crippen molar-refractivity contribution in [1.82, 2.24) is 20.8 Å². The Balaban J connectivity index is 1.54. The monoisotopic (exact) mass is 402 g/mol. The lowest BCUT2D eigenvalue weighted by atomic mass is 9.96. The summed E-state index contributed by atoms with van der Waals surface area (Å²) in [5.74, 6) is 0.0291. The van der Waals surface area contributed by atoms with Crippen molar-refractivity contribution in [1.29, 1.82) is 0 Å². The summed E-state index contributed by atoms with van der Waals surface area (Å²) < 4.78 is 5.69. The van der Waals surface area contributed by atoms with E-state index in [2.05, 4.69) is 26.9 Å². The van der Waals surface area contributed by atoms with Crippen molar-refractivity contribution in [3.63, 3.8) is 0 Å². The first-order chi connectivity index (χ1) is 13.4. The summed E-state index contributed by atoms with van der Waals surface area (Å²) in [7, 11) is 0. The van der Waals surface area contributed by atoms with E-state index in [4.69, 9.17) is 4.42 Å². The van der Waals surface area contributed by atoms with Crippen LogP contribution in [0.15, 0.2) is 27.8 Å². The molecular formula is C20H26N4O3S. The number of hydrogen-bond acceptors (Lipinski definition) is 6. The molecule has 1 fully saturated rings. The van der Waals surface area contributed by atoms with Crippen LogP contribution in [0.3, 0.4) is 0 Å². The number of benzene rings is 1. The van der Waals surface area contributed by atoms with Gasteiger partial charge in [-0.25, -0.2) is 4.79 Å². The first kappa shape index (κ1) is 20.4. The molecule has 7 nitrogen and oxygen atoms in total. The SMILES string of the molecule is Cc1cc(C)cc(-c2nnc(S[C@H](C)C(=O)NC(=O)NC3CCCCC3)o2)c1. The van der Waals surface area contributed by atoms with Crippen LogP contribution in [0.5, 0.6) is 0 Å². The molecule has 150 valence electrons. The third-order valence-electron chi connectivity index (χ3n) is 4.70. The van der Waals surface area contributed by atoms with Gasteiger partial charge in [0.2, 0.25) is 11.8 Å². The maximum absolute atomic E-state index is 12.3. The Morgan fingerprint density at radius 3 is 2.46 bits per heavy atom. The zero-order valence-corrected chi connectivity index (χ0v) is 17.3. The molecule has 0 radical (unpaired) electrons. The molecular weight excluding hydrogens is 376 g/mol. The number of rotatable bonds is 5. The second kappa shape index (κ2) is 9.23. The molecule has 1 aliphatic rings. The maximum Gasteiger partial charge on any atom is 0.321 e. The van der Waals surface area contributed by atoms with Gasteiger partial charge in [0.15, 0.2) is 0 Å². The minimum Gasteiger partial charge on any atom is -0.411 e. The molecule has 3 amide bonds. The second-order valence-electron chi connectivity index (χ2n) is 7.31. The number of nitrogens with zero attached hydrogens (tertiary/aromatic N) is 2. The Kier molecular flexibility index (Phi) is 6.72. The molecule has 1 aliphatic carbocycles. The molecule has 28 heavy (non-hydrogen) atoms. The predicted octanol–water partition coefficient (Wildman–Crippen LogP) is 3.99. The van der Waals surface area contributed by atoms with Crippen LogP contribution >= 0.6 is 11.8 Å². The first-order valence-electron chi connectivity index (χ1n) is 9.61. The van der Waals surface area contributed by atoms with E-state index in [9.17, 15) is 9.59 Å². The highest BCUT2D eigenvalue weighted by Gasteiger charge is 2.22. The number of imide groups is 1. The van der Waals surface area contributed by atoms with Crippen molar-refractivity contribution in [2.24, 2.45) is 0 Å². The average Bonchev–Trinajstić information content (AvgIpc) is 3.10. The first-order valence-corrected chi connectivity index (χ1v) is 10.5. The van der Waals surface area contributed by atoms with Crippen LogP contribution in [0.2, 0.25) is 0 Å². The van der Waals surface area contributed by atoms with Crippen LogP contribution in [0, 0.1) is 13.8 Å². The van der Waals surface area contributed by atoms with Gasteiger partial charge in [-0.3, -0.25) is 10.1 Å². The van der Waals surface area contributed by atoms with Crippen molar-refractivity contribution in [3.8, 4) is 11.5 Å². The lowest BCUT2D eigenvalue weighted by Crippen LogP contribution is -2.47. The van der Waals surface area contributed by atoms with Gasteiger partial charge < -0.3 is 9.73 Å². The van der Waals surface area contributed by atoms with E-state index in [0.717, 1.165) is 54.1 Å². The average molecular weight is 403 g/mol. The smallest absolute Gasteiger partial charge is 0.321 e. The number of carbonyl (C=O) groups excluding carboxylic acids is 2. The minimum atomic E-state index is -0.537. The summed E-state index contributed by atoms with van der Waals surface area (Å²) in [5, 5.41) is 13.1. The molecule has 8 heteroatoms. The number of aromatic nitrogens is 2. The van der Waals surface area contributed by atoms with Crippen molar-refractivity contribution in [2.75, 3.05) is 0 Å². The number of amides is 3. The van der Waals surface area contributed by atoms with Crippen LogP contribution < -0.4 is 10.6 Å². The van der Waals surface area contributed by atoms with Crippen molar-refractivity contribution >= 4 is 23.7 Å². The van der Waals surface area contributed by atoms with Crippen LogP contribution in [0.4, 0.5) is 4.79 Å². The standard InChI is InChI=1S/C20H26N4O3S/c1-12-9-13(2)11-15(10-12)18-23-24-20(27-18)28-14(3)17(25)22-19(26)21-16-7-5-4-6-8-16/h9-11,14,16H,4-8H2,1-3H3,(H2,21,22,25,26)/t14-/m1/s1. The molecule has 0 unspecified atom stereocenters. The number of thioether (sulfide) groups is 1. The van der Waals surface area contributed by atoms with Gasteiger partial charge in [-0.2, -0.15) is 0 Å². The molecule has 0 aliphatic heterocycles. The van der Waals surface area contributed by atoms with Crippen molar-refractivity contribution in [2.45, 2.75) is 69.4 Å². The lowest BCUT2D eigenvalue weighted by Gasteiger charge is -2.22. The van der Waals surface area contributed by atoms with Crippen LogP contribution in [-0.2, 0) is 4.79 Å². The normalized spacial score (nSPS) is 15.8. The predicted molar refractivity (Wildman–Crippen MR) is 108 cm³/mol. The number of aryl methyl sites for hydroxylation is 2. The summed E-state index contributed by atoms with van der Waals surface area (Å²) in [6.45, 7) is 5.72. The fraction of sp³-hybridized carbons (Fsp3) is 0.500. The fourth-order valence-corrected chi connectivity index (χ4v) is 4.04. The number of carbonyl (C=O) groups is 2. The van der Waals surface area contributed by atoms with Gasteiger partial charge in [0.05, 0.1) is 5.25 Å². The highest BCUT2D eigenvalue weighted by atomic mass is 32.2. The van der Waals surface area contributed by atoms with Gasteiger partial charge in [-0.15, -0.1) is 10.2 Å². The van der Waals surface area contributed by atoms with E-state index in [0.29, 0.717) is 11.1 Å². The summed E-state index contributed by atoms with van der Waals surface area (Å²) in [5.41, 5.74) is 3.07. The molecule has 0 spiro atoms. The van der Waals surface area contributed by atoms with E-state index < -0.39 is 11.3 Å². The summed E-state index contributed by atoms with van der Waals surface area (Å²) in [6, 6.07) is 5.73. The Hall–Kier alpha value is -2.35. The van der Waals surface area contributed by atoms with E-state index in [1.54, 1.807) is 6.92 Å². The largest absolute Gasteiger partial charge is 0.411 e. The fourth-order valence-electron chi connectivity index (χ4n) is 3.36. The highest BCUT2D eigenvalue weighted by Crippen LogP contribution is 2.27. The Labute approximate surface area is 169 Å². The summed E-state index contributed by atoms with van der Waals surface area (Å²) in [6.07, 6.45) is 5.38. The van der Waals surface area contributed by atoms with Gasteiger partial charge in [0, 0.05) is 11.6 Å². The van der Waals surface area contributed by atoms with Crippen LogP contribution in [-0.4, -0.2) is 33.4 Å². The van der Waals surface area contributed by atoms with E-state index in [1.807, 2.05) is 26.0 Å². The molecule has 2 aromatic rings. The zero-order valence-electron chi connectivity index (χ0n) is 16.4. The summed E-state index contributed by atoms with van der Waals surface area (Å²) >= 11 is 1.13. The lowest BCUT2D eigenvalue weighted by molar-refractivity contribution is -0.119. The maximum atomic E-state index is 12.3. The molecule has 0 bridgehead atoms. The van der Waals surface area contributed by atoms with Crippen LogP contribution in [0.1, 0.15) is 50.2 Å². The van der Waals surface area contributed by atoms with Crippen molar-refractivity contribution < 1.29 is 14.0 Å². The molecule has 0 saturated heterocycles.